The number of amides is 1. The first-order valence-electron chi connectivity index (χ1n) is 6.73. The summed E-state index contributed by atoms with van der Waals surface area (Å²) < 4.78 is 5.38. The van der Waals surface area contributed by atoms with Crippen LogP contribution in [0, 0.1) is 6.92 Å². The predicted molar refractivity (Wildman–Crippen MR) is 76.3 cm³/mol. The maximum atomic E-state index is 12.4. The van der Waals surface area contributed by atoms with E-state index in [0.717, 1.165) is 11.3 Å². The van der Waals surface area contributed by atoms with E-state index >= 15 is 0 Å². The van der Waals surface area contributed by atoms with E-state index in [2.05, 4.69) is 6.92 Å². The van der Waals surface area contributed by atoms with E-state index < -0.39 is 12.1 Å². The molecule has 1 atom stereocenters. The normalized spacial score (nSPS) is 19.1. The summed E-state index contributed by atoms with van der Waals surface area (Å²) in [6.07, 6.45) is 0.449. The number of aryl methyl sites for hydroxylation is 2. The van der Waals surface area contributed by atoms with E-state index in [4.69, 9.17) is 9.84 Å². The standard InChI is InChI=1S/C14H19NO4S/c1-3-10-6-12(20-9(10)2)14(18)15-4-5-19-11(8-15)7-13(16)17/h6,11H,3-5,7-8H2,1-2H3,(H,16,17). The third-order valence-electron chi connectivity index (χ3n) is 3.44. The van der Waals surface area contributed by atoms with Gasteiger partial charge in [-0.2, -0.15) is 0 Å². The number of carbonyl (C=O) groups excluding carboxylic acids is 1. The molecule has 0 radical (unpaired) electrons. The number of hydrogen-bond acceptors (Lipinski definition) is 4. The van der Waals surface area contributed by atoms with Gasteiger partial charge in [0, 0.05) is 18.0 Å². The molecule has 110 valence electrons. The van der Waals surface area contributed by atoms with E-state index in [1.807, 2.05) is 13.0 Å². The number of hydrogen-bond donors (Lipinski definition) is 1. The topological polar surface area (TPSA) is 66.8 Å². The van der Waals surface area contributed by atoms with Crippen LogP contribution >= 0.6 is 11.3 Å². The van der Waals surface area contributed by atoms with Crippen LogP contribution < -0.4 is 0 Å². The Hall–Kier alpha value is -1.40. The largest absolute Gasteiger partial charge is 0.481 e. The molecule has 2 heterocycles. The van der Waals surface area contributed by atoms with Gasteiger partial charge in [-0.05, 0) is 25.0 Å². The minimum Gasteiger partial charge on any atom is -0.481 e. The molecular formula is C14H19NO4S. The van der Waals surface area contributed by atoms with Crippen LogP contribution in [0.1, 0.15) is 33.5 Å². The minimum atomic E-state index is -0.899. The number of carboxylic acid groups (broad SMARTS) is 1. The molecule has 1 aromatic heterocycles. The molecule has 0 aliphatic carbocycles. The molecule has 1 N–H and O–H groups in total. The zero-order chi connectivity index (χ0) is 14.7. The van der Waals surface area contributed by atoms with Gasteiger partial charge in [0.15, 0.2) is 0 Å². The minimum absolute atomic E-state index is 0.0171. The van der Waals surface area contributed by atoms with Gasteiger partial charge in [-0.25, -0.2) is 0 Å². The first-order chi connectivity index (χ1) is 9.51. The summed E-state index contributed by atoms with van der Waals surface area (Å²) in [6, 6.07) is 1.95. The fraction of sp³-hybridized carbons (Fsp3) is 0.571. The summed E-state index contributed by atoms with van der Waals surface area (Å²) in [5.41, 5.74) is 1.20. The molecule has 1 amide bonds. The second kappa shape index (κ2) is 6.37. The molecule has 1 fully saturated rings. The maximum absolute atomic E-state index is 12.4. The number of nitrogens with zero attached hydrogens (tertiary/aromatic N) is 1. The van der Waals surface area contributed by atoms with Gasteiger partial charge in [-0.15, -0.1) is 11.3 Å². The monoisotopic (exact) mass is 297 g/mol. The van der Waals surface area contributed by atoms with Crippen molar-refractivity contribution in [1.29, 1.82) is 0 Å². The molecule has 2 rings (SSSR count). The number of morpholine rings is 1. The van der Waals surface area contributed by atoms with Gasteiger partial charge in [0.05, 0.1) is 24.0 Å². The van der Waals surface area contributed by atoms with Gasteiger partial charge < -0.3 is 14.7 Å². The van der Waals surface area contributed by atoms with Crippen molar-refractivity contribution < 1.29 is 19.4 Å². The molecule has 1 unspecified atom stereocenters. The third kappa shape index (κ3) is 3.37. The fourth-order valence-corrected chi connectivity index (χ4v) is 3.44. The van der Waals surface area contributed by atoms with Gasteiger partial charge in [-0.1, -0.05) is 6.92 Å². The highest BCUT2D eigenvalue weighted by molar-refractivity contribution is 7.14. The molecule has 1 aliphatic heterocycles. The van der Waals surface area contributed by atoms with Crippen LogP contribution in [0.25, 0.3) is 0 Å². The van der Waals surface area contributed by atoms with Gasteiger partial charge in [0.1, 0.15) is 0 Å². The Bertz CT molecular complexity index is 511. The summed E-state index contributed by atoms with van der Waals surface area (Å²) in [5, 5.41) is 8.80. The molecule has 1 aliphatic rings. The molecule has 6 heteroatoms. The first kappa shape index (κ1) is 15.0. The maximum Gasteiger partial charge on any atom is 0.306 e. The van der Waals surface area contributed by atoms with Gasteiger partial charge in [-0.3, -0.25) is 9.59 Å². The van der Waals surface area contributed by atoms with Crippen molar-refractivity contribution >= 4 is 23.2 Å². The lowest BCUT2D eigenvalue weighted by atomic mass is 10.2. The van der Waals surface area contributed by atoms with Crippen LogP contribution in [0.4, 0.5) is 0 Å². The Morgan fingerprint density at radius 1 is 1.55 bits per heavy atom. The zero-order valence-corrected chi connectivity index (χ0v) is 12.5. The van der Waals surface area contributed by atoms with Crippen molar-refractivity contribution in [3.05, 3.63) is 21.4 Å². The smallest absolute Gasteiger partial charge is 0.306 e. The molecule has 20 heavy (non-hydrogen) atoms. The van der Waals surface area contributed by atoms with Crippen LogP contribution in [-0.2, 0) is 16.0 Å². The van der Waals surface area contributed by atoms with Crippen LogP contribution in [0.15, 0.2) is 6.07 Å². The lowest BCUT2D eigenvalue weighted by Gasteiger charge is -2.32. The van der Waals surface area contributed by atoms with Crippen molar-refractivity contribution in [3.63, 3.8) is 0 Å². The second-order valence-electron chi connectivity index (χ2n) is 4.89. The molecule has 0 bridgehead atoms. The number of rotatable bonds is 4. The Balaban J connectivity index is 2.06. The number of carbonyl (C=O) groups is 2. The highest BCUT2D eigenvalue weighted by Crippen LogP contribution is 2.24. The van der Waals surface area contributed by atoms with Gasteiger partial charge >= 0.3 is 5.97 Å². The Labute approximate surface area is 122 Å². The highest BCUT2D eigenvalue weighted by Gasteiger charge is 2.27. The lowest BCUT2D eigenvalue weighted by Crippen LogP contribution is -2.46. The zero-order valence-electron chi connectivity index (χ0n) is 11.7. The summed E-state index contributed by atoms with van der Waals surface area (Å²) in [7, 11) is 0. The van der Waals surface area contributed by atoms with Crippen molar-refractivity contribution in [3.8, 4) is 0 Å². The Morgan fingerprint density at radius 3 is 2.90 bits per heavy atom. The number of aliphatic carboxylic acids is 1. The van der Waals surface area contributed by atoms with Crippen molar-refractivity contribution in [1.82, 2.24) is 4.90 Å². The van der Waals surface area contributed by atoms with Crippen molar-refractivity contribution in [2.45, 2.75) is 32.8 Å². The average Bonchev–Trinajstić information content (AvgIpc) is 2.78. The van der Waals surface area contributed by atoms with Gasteiger partial charge in [0.2, 0.25) is 0 Å². The quantitative estimate of drug-likeness (QED) is 0.922. The molecule has 1 saturated heterocycles. The Kier molecular flexibility index (Phi) is 4.77. The Morgan fingerprint density at radius 2 is 2.30 bits per heavy atom. The molecule has 5 nitrogen and oxygen atoms in total. The predicted octanol–water partition coefficient (Wildman–Crippen LogP) is 1.93. The summed E-state index contributed by atoms with van der Waals surface area (Å²) in [6.45, 7) is 5.36. The van der Waals surface area contributed by atoms with E-state index in [-0.39, 0.29) is 12.3 Å². The van der Waals surface area contributed by atoms with Gasteiger partial charge in [0.25, 0.3) is 5.91 Å². The number of ether oxygens (including phenoxy) is 1. The lowest BCUT2D eigenvalue weighted by molar-refractivity contribution is -0.141. The molecule has 0 aromatic carbocycles. The average molecular weight is 297 g/mol. The molecule has 0 saturated carbocycles. The SMILES string of the molecule is CCc1cc(C(=O)N2CCOC(CC(=O)O)C2)sc1C. The molecular weight excluding hydrogens is 278 g/mol. The van der Waals surface area contributed by atoms with E-state index in [0.29, 0.717) is 19.7 Å². The second-order valence-corrected chi connectivity index (χ2v) is 6.14. The number of carboxylic acids is 1. The third-order valence-corrected chi connectivity index (χ3v) is 4.52. The highest BCUT2D eigenvalue weighted by atomic mass is 32.1. The van der Waals surface area contributed by atoms with E-state index in [1.54, 1.807) is 4.90 Å². The van der Waals surface area contributed by atoms with E-state index in [1.165, 1.54) is 21.8 Å². The van der Waals surface area contributed by atoms with Crippen molar-refractivity contribution in [2.24, 2.45) is 0 Å². The van der Waals surface area contributed by atoms with Crippen LogP contribution in [-0.4, -0.2) is 47.7 Å². The van der Waals surface area contributed by atoms with Crippen LogP contribution in [0.3, 0.4) is 0 Å². The fourth-order valence-electron chi connectivity index (χ4n) is 2.35. The van der Waals surface area contributed by atoms with Crippen molar-refractivity contribution in [2.75, 3.05) is 19.7 Å². The van der Waals surface area contributed by atoms with Crippen LogP contribution in [0.2, 0.25) is 0 Å². The first-order valence-corrected chi connectivity index (χ1v) is 7.55. The van der Waals surface area contributed by atoms with E-state index in [9.17, 15) is 9.59 Å². The summed E-state index contributed by atoms with van der Waals surface area (Å²) >= 11 is 1.51. The number of thiophene rings is 1. The van der Waals surface area contributed by atoms with Crippen LogP contribution in [0.5, 0.6) is 0 Å². The molecule has 0 spiro atoms. The summed E-state index contributed by atoms with van der Waals surface area (Å²) in [4.78, 5) is 26.8. The molecule has 1 aromatic rings. The summed E-state index contributed by atoms with van der Waals surface area (Å²) in [5.74, 6) is -0.916.